The number of nitrogens with one attached hydrogen (secondary N) is 1. The average molecular weight is 475 g/mol. The predicted octanol–water partition coefficient (Wildman–Crippen LogP) is 4.08. The molecule has 2 aromatic carbocycles. The van der Waals surface area contributed by atoms with Crippen LogP contribution in [0.25, 0.3) is 5.69 Å². The molecule has 4 rings (SSSR count). The first kappa shape index (κ1) is 23.6. The van der Waals surface area contributed by atoms with E-state index in [-0.39, 0.29) is 24.0 Å². The zero-order chi connectivity index (χ0) is 24.3. The van der Waals surface area contributed by atoms with Crippen molar-refractivity contribution in [3.63, 3.8) is 0 Å². The highest BCUT2D eigenvalue weighted by atomic mass is 19.4. The van der Waals surface area contributed by atoms with Gasteiger partial charge in [-0.15, -0.1) is 0 Å². The van der Waals surface area contributed by atoms with E-state index in [0.717, 1.165) is 30.5 Å². The van der Waals surface area contributed by atoms with Crippen LogP contribution in [-0.2, 0) is 11.0 Å². The van der Waals surface area contributed by atoms with Crippen LogP contribution in [0.15, 0.2) is 49.1 Å². The van der Waals surface area contributed by atoms with Crippen molar-refractivity contribution in [1.29, 1.82) is 0 Å². The summed E-state index contributed by atoms with van der Waals surface area (Å²) in [6.45, 7) is 0.662. The highest BCUT2D eigenvalue weighted by Crippen LogP contribution is 2.39. The smallest absolute Gasteiger partial charge is 0.416 e. The van der Waals surface area contributed by atoms with Gasteiger partial charge in [0.05, 0.1) is 37.7 Å². The number of carbonyl (C=O) groups excluding carboxylic acids is 1. The fourth-order valence-electron chi connectivity index (χ4n) is 4.19. The fraction of sp³-hybridized carbons (Fsp3) is 0.348. The van der Waals surface area contributed by atoms with Gasteiger partial charge >= 0.3 is 6.18 Å². The molecule has 180 valence electrons. The van der Waals surface area contributed by atoms with Crippen LogP contribution in [0.3, 0.4) is 0 Å². The summed E-state index contributed by atoms with van der Waals surface area (Å²) in [5.74, 6) is 0.924. The van der Waals surface area contributed by atoms with E-state index in [4.69, 9.17) is 9.47 Å². The molecule has 1 fully saturated rings. The molecule has 3 aromatic rings. The van der Waals surface area contributed by atoms with Crippen LogP contribution >= 0.6 is 0 Å². The molecule has 0 unspecified atom stereocenters. The Bertz CT molecular complexity index is 1150. The molecule has 2 heterocycles. The molecule has 1 N–H and O–H groups in total. The lowest BCUT2D eigenvalue weighted by Gasteiger charge is -2.26. The molecule has 0 bridgehead atoms. The Morgan fingerprint density at radius 2 is 2.00 bits per heavy atom. The molecule has 11 heteroatoms. The maximum absolute atomic E-state index is 13.3. The molecule has 0 radical (unpaired) electrons. The summed E-state index contributed by atoms with van der Waals surface area (Å²) in [6.07, 6.45) is -0.260. The van der Waals surface area contributed by atoms with Gasteiger partial charge in [0, 0.05) is 11.6 Å². The molecule has 0 spiro atoms. The van der Waals surface area contributed by atoms with Gasteiger partial charge in [0.25, 0.3) is 0 Å². The van der Waals surface area contributed by atoms with Crippen molar-refractivity contribution in [2.75, 3.05) is 32.6 Å². The topological polar surface area (TPSA) is 81.5 Å². The summed E-state index contributed by atoms with van der Waals surface area (Å²) in [7, 11) is 3.16. The standard InChI is InChI=1S/C23H24F3N5O3/c1-33-16-6-8-21(34-2)17(11-16)19-4-3-9-30(19)12-22(32)29-18-10-15(23(24,25)26)5-7-20(18)31-14-27-13-28-31/h5-8,10-11,13-14,19H,3-4,9,12H2,1-2H3,(H,29,32)/t19-/m1/s1. The number of carbonyl (C=O) groups is 1. The van der Waals surface area contributed by atoms with Gasteiger partial charge in [0.15, 0.2) is 0 Å². The van der Waals surface area contributed by atoms with Gasteiger partial charge in [-0.1, -0.05) is 0 Å². The Morgan fingerprint density at radius 1 is 1.18 bits per heavy atom. The van der Waals surface area contributed by atoms with Crippen LogP contribution in [0.1, 0.15) is 30.0 Å². The first-order valence-electron chi connectivity index (χ1n) is 10.6. The van der Waals surface area contributed by atoms with Crippen molar-refractivity contribution >= 4 is 11.6 Å². The average Bonchev–Trinajstić information content (AvgIpc) is 3.50. The number of hydrogen-bond acceptors (Lipinski definition) is 6. The molecule has 8 nitrogen and oxygen atoms in total. The van der Waals surface area contributed by atoms with Gasteiger partial charge in [0.2, 0.25) is 5.91 Å². The summed E-state index contributed by atoms with van der Waals surface area (Å²) in [5.41, 5.74) is 0.313. The van der Waals surface area contributed by atoms with E-state index in [0.29, 0.717) is 18.0 Å². The van der Waals surface area contributed by atoms with E-state index in [9.17, 15) is 18.0 Å². The molecule has 0 saturated carbocycles. The van der Waals surface area contributed by atoms with E-state index in [1.54, 1.807) is 20.3 Å². The molecule has 1 aliphatic rings. The molecule has 0 aliphatic carbocycles. The monoisotopic (exact) mass is 475 g/mol. The lowest BCUT2D eigenvalue weighted by Crippen LogP contribution is -2.33. The Labute approximate surface area is 194 Å². The Morgan fingerprint density at radius 3 is 2.68 bits per heavy atom. The quantitative estimate of drug-likeness (QED) is 0.555. The Hall–Kier alpha value is -3.60. The molecular formula is C23H24F3N5O3. The number of hydrogen-bond donors (Lipinski definition) is 1. The summed E-state index contributed by atoms with van der Waals surface area (Å²) >= 11 is 0. The molecule has 1 aromatic heterocycles. The normalized spacial score (nSPS) is 16.4. The van der Waals surface area contributed by atoms with Gasteiger partial charge in [-0.3, -0.25) is 9.69 Å². The van der Waals surface area contributed by atoms with Crippen LogP contribution in [0.5, 0.6) is 11.5 Å². The number of benzene rings is 2. The third kappa shape index (κ3) is 4.98. The van der Waals surface area contributed by atoms with Crippen LogP contribution in [-0.4, -0.2) is 52.9 Å². The highest BCUT2D eigenvalue weighted by molar-refractivity contribution is 5.94. The van der Waals surface area contributed by atoms with Crippen molar-refractivity contribution in [3.8, 4) is 17.2 Å². The van der Waals surface area contributed by atoms with Crippen molar-refractivity contribution in [3.05, 3.63) is 60.2 Å². The van der Waals surface area contributed by atoms with Crippen molar-refractivity contribution in [1.82, 2.24) is 19.7 Å². The number of amides is 1. The first-order chi connectivity index (χ1) is 16.3. The second kappa shape index (κ2) is 9.72. The zero-order valence-corrected chi connectivity index (χ0v) is 18.7. The number of halogens is 3. The summed E-state index contributed by atoms with van der Waals surface area (Å²) in [5, 5.41) is 6.61. The number of methoxy groups -OCH3 is 2. The Kier molecular flexibility index (Phi) is 6.73. The van der Waals surface area contributed by atoms with Crippen LogP contribution < -0.4 is 14.8 Å². The second-order valence-electron chi connectivity index (χ2n) is 7.85. The molecule has 1 amide bonds. The van der Waals surface area contributed by atoms with Crippen molar-refractivity contribution < 1.29 is 27.4 Å². The van der Waals surface area contributed by atoms with E-state index < -0.39 is 17.6 Å². The van der Waals surface area contributed by atoms with Gasteiger partial charge in [-0.2, -0.15) is 18.3 Å². The fourth-order valence-corrected chi connectivity index (χ4v) is 4.19. The highest BCUT2D eigenvalue weighted by Gasteiger charge is 2.33. The second-order valence-corrected chi connectivity index (χ2v) is 7.85. The SMILES string of the molecule is COc1ccc(OC)c([C@H]2CCCN2CC(=O)Nc2cc(C(F)(F)F)ccc2-n2cncn2)c1. The minimum absolute atomic E-state index is 0.0000304. The Balaban J connectivity index is 1.57. The lowest BCUT2D eigenvalue weighted by molar-refractivity contribution is -0.137. The van der Waals surface area contributed by atoms with E-state index in [1.165, 1.54) is 23.4 Å². The number of nitrogens with zero attached hydrogens (tertiary/aromatic N) is 4. The number of likely N-dealkylation sites (tertiary alicyclic amines) is 1. The maximum Gasteiger partial charge on any atom is 0.416 e. The molecule has 1 aliphatic heterocycles. The number of rotatable bonds is 7. The van der Waals surface area contributed by atoms with Crippen LogP contribution in [0.2, 0.25) is 0 Å². The summed E-state index contributed by atoms with van der Waals surface area (Å²) in [6, 6.07) is 8.51. The predicted molar refractivity (Wildman–Crippen MR) is 118 cm³/mol. The van der Waals surface area contributed by atoms with Crippen LogP contribution in [0, 0.1) is 0 Å². The maximum atomic E-state index is 13.3. The number of ether oxygens (including phenoxy) is 2. The van der Waals surface area contributed by atoms with Crippen molar-refractivity contribution in [2.24, 2.45) is 0 Å². The minimum atomic E-state index is -4.55. The van der Waals surface area contributed by atoms with E-state index in [1.807, 2.05) is 17.0 Å². The molecular weight excluding hydrogens is 451 g/mol. The molecule has 34 heavy (non-hydrogen) atoms. The van der Waals surface area contributed by atoms with E-state index >= 15 is 0 Å². The van der Waals surface area contributed by atoms with Crippen molar-refractivity contribution in [2.45, 2.75) is 25.1 Å². The number of aromatic nitrogens is 3. The largest absolute Gasteiger partial charge is 0.497 e. The zero-order valence-electron chi connectivity index (χ0n) is 18.7. The lowest BCUT2D eigenvalue weighted by atomic mass is 10.0. The minimum Gasteiger partial charge on any atom is -0.497 e. The third-order valence-electron chi connectivity index (χ3n) is 5.77. The summed E-state index contributed by atoms with van der Waals surface area (Å²) < 4.78 is 52.0. The van der Waals surface area contributed by atoms with Gasteiger partial charge < -0.3 is 14.8 Å². The third-order valence-corrected chi connectivity index (χ3v) is 5.77. The van der Waals surface area contributed by atoms with Gasteiger partial charge in [-0.25, -0.2) is 9.67 Å². The van der Waals surface area contributed by atoms with Gasteiger partial charge in [-0.05, 0) is 55.8 Å². The number of anilines is 1. The first-order valence-corrected chi connectivity index (χ1v) is 10.6. The van der Waals surface area contributed by atoms with Gasteiger partial charge in [0.1, 0.15) is 24.2 Å². The summed E-state index contributed by atoms with van der Waals surface area (Å²) in [4.78, 5) is 18.8. The number of alkyl halides is 3. The molecule has 1 atom stereocenters. The van der Waals surface area contributed by atoms with E-state index in [2.05, 4.69) is 15.4 Å². The van der Waals surface area contributed by atoms with Crippen LogP contribution in [0.4, 0.5) is 18.9 Å². The molecule has 1 saturated heterocycles.